The van der Waals surface area contributed by atoms with Gasteiger partial charge < -0.3 is 5.32 Å². The molecule has 0 saturated carbocycles. The van der Waals surface area contributed by atoms with Crippen molar-refractivity contribution in [2.45, 2.75) is 12.5 Å². The zero-order chi connectivity index (χ0) is 13.8. The van der Waals surface area contributed by atoms with E-state index >= 15 is 0 Å². The van der Waals surface area contributed by atoms with Crippen LogP contribution in [0, 0.1) is 17.5 Å². The second kappa shape index (κ2) is 5.89. The molecule has 0 amide bonds. The van der Waals surface area contributed by atoms with Gasteiger partial charge in [-0.3, -0.25) is 0 Å². The van der Waals surface area contributed by atoms with Crippen LogP contribution in [0.1, 0.15) is 17.2 Å². The Kier molecular flexibility index (Phi) is 4.22. The highest BCUT2D eigenvalue weighted by molar-refractivity contribution is 5.25. The van der Waals surface area contributed by atoms with Crippen molar-refractivity contribution in [1.29, 1.82) is 0 Å². The van der Waals surface area contributed by atoms with Gasteiger partial charge in [0.15, 0.2) is 0 Å². The van der Waals surface area contributed by atoms with Crippen molar-refractivity contribution in [2.24, 2.45) is 0 Å². The predicted octanol–water partition coefficient (Wildman–Crippen LogP) is 3.61. The normalized spacial score (nSPS) is 12.4. The summed E-state index contributed by atoms with van der Waals surface area (Å²) < 4.78 is 39.6. The summed E-state index contributed by atoms with van der Waals surface area (Å²) in [6.45, 7) is 0. The summed E-state index contributed by atoms with van der Waals surface area (Å²) in [4.78, 5) is 0. The summed E-state index contributed by atoms with van der Waals surface area (Å²) in [7, 11) is 1.72. The van der Waals surface area contributed by atoms with Crippen molar-refractivity contribution in [3.8, 4) is 0 Å². The minimum atomic E-state index is -0.604. The Bertz CT molecular complexity index is 569. The molecule has 0 saturated heterocycles. The first-order chi connectivity index (χ1) is 9.10. The fourth-order valence-corrected chi connectivity index (χ4v) is 2.02. The van der Waals surface area contributed by atoms with Crippen molar-refractivity contribution < 1.29 is 13.2 Å². The highest BCUT2D eigenvalue weighted by Crippen LogP contribution is 2.21. The number of hydrogen-bond acceptors (Lipinski definition) is 1. The molecule has 1 N–H and O–H groups in total. The molecule has 2 rings (SSSR count). The molecule has 0 radical (unpaired) electrons. The number of likely N-dealkylation sites (N-methyl/N-ethyl adjacent to an activating group) is 1. The Morgan fingerprint density at radius 3 is 2.37 bits per heavy atom. The van der Waals surface area contributed by atoms with E-state index < -0.39 is 11.6 Å². The van der Waals surface area contributed by atoms with Crippen molar-refractivity contribution in [3.05, 3.63) is 71.0 Å². The van der Waals surface area contributed by atoms with Gasteiger partial charge in [0.2, 0.25) is 0 Å². The fourth-order valence-electron chi connectivity index (χ4n) is 2.02. The smallest absolute Gasteiger partial charge is 0.129 e. The number of halogens is 3. The first-order valence-corrected chi connectivity index (χ1v) is 5.97. The Labute approximate surface area is 110 Å². The first kappa shape index (κ1) is 13.6. The molecule has 0 heterocycles. The molecule has 0 aliphatic rings. The minimum absolute atomic E-state index is 0.226. The molecule has 1 nitrogen and oxygen atoms in total. The lowest BCUT2D eigenvalue weighted by atomic mass is 9.98. The number of benzene rings is 2. The second-order valence-corrected chi connectivity index (χ2v) is 4.34. The van der Waals surface area contributed by atoms with E-state index in [1.807, 2.05) is 0 Å². The van der Waals surface area contributed by atoms with E-state index in [4.69, 9.17) is 0 Å². The molecule has 1 atom stereocenters. The van der Waals surface area contributed by atoms with Crippen LogP contribution in [0.15, 0.2) is 42.5 Å². The summed E-state index contributed by atoms with van der Waals surface area (Å²) in [6.07, 6.45) is 0.325. The highest BCUT2D eigenvalue weighted by atomic mass is 19.1. The van der Waals surface area contributed by atoms with Gasteiger partial charge in [-0.05, 0) is 42.8 Å². The third-order valence-electron chi connectivity index (χ3n) is 3.04. The van der Waals surface area contributed by atoms with Crippen LogP contribution in [0.4, 0.5) is 13.2 Å². The molecular weight excluding hydrogens is 251 g/mol. The van der Waals surface area contributed by atoms with Crippen LogP contribution in [0.3, 0.4) is 0 Å². The van der Waals surface area contributed by atoms with Crippen molar-refractivity contribution in [3.63, 3.8) is 0 Å². The molecule has 0 fully saturated rings. The standard InChI is InChI=1S/C15H14F3N/c1-19-15(11-3-2-4-12(16)7-11)8-10-5-6-13(17)9-14(10)18/h2-7,9,15,19H,8H2,1H3. The summed E-state index contributed by atoms with van der Waals surface area (Å²) in [6, 6.07) is 9.40. The second-order valence-electron chi connectivity index (χ2n) is 4.34. The van der Waals surface area contributed by atoms with E-state index in [-0.39, 0.29) is 11.9 Å². The molecule has 0 aliphatic heterocycles. The molecule has 19 heavy (non-hydrogen) atoms. The Hall–Kier alpha value is -1.81. The van der Waals surface area contributed by atoms with Gasteiger partial charge in [0.05, 0.1) is 0 Å². The Morgan fingerprint density at radius 1 is 1.00 bits per heavy atom. The third-order valence-corrected chi connectivity index (χ3v) is 3.04. The van der Waals surface area contributed by atoms with Gasteiger partial charge in [-0.25, -0.2) is 13.2 Å². The largest absolute Gasteiger partial charge is 0.313 e. The molecule has 0 spiro atoms. The van der Waals surface area contributed by atoms with Crippen molar-refractivity contribution in [1.82, 2.24) is 5.32 Å². The third kappa shape index (κ3) is 3.35. The molecule has 0 aromatic heterocycles. The summed E-state index contributed by atoms with van der Waals surface area (Å²) in [5.41, 5.74) is 1.12. The van der Waals surface area contributed by atoms with Gasteiger partial charge in [0, 0.05) is 12.1 Å². The highest BCUT2D eigenvalue weighted by Gasteiger charge is 2.13. The lowest BCUT2D eigenvalue weighted by molar-refractivity contribution is 0.537. The topological polar surface area (TPSA) is 12.0 Å². The van der Waals surface area contributed by atoms with E-state index in [1.54, 1.807) is 19.2 Å². The molecule has 0 aliphatic carbocycles. The average Bonchev–Trinajstić information content (AvgIpc) is 2.38. The number of nitrogens with one attached hydrogen (secondary N) is 1. The van der Waals surface area contributed by atoms with Crippen LogP contribution >= 0.6 is 0 Å². The molecule has 4 heteroatoms. The Morgan fingerprint density at radius 2 is 1.74 bits per heavy atom. The summed E-state index contributed by atoms with van der Waals surface area (Å²) in [5.74, 6) is -1.53. The van der Waals surface area contributed by atoms with Crippen LogP contribution in [0.25, 0.3) is 0 Å². The number of hydrogen-bond donors (Lipinski definition) is 1. The van der Waals surface area contributed by atoms with Gasteiger partial charge in [-0.2, -0.15) is 0 Å². The Balaban J connectivity index is 2.24. The molecule has 100 valence electrons. The fraction of sp³-hybridized carbons (Fsp3) is 0.200. The zero-order valence-corrected chi connectivity index (χ0v) is 10.5. The molecular formula is C15H14F3N. The van der Waals surface area contributed by atoms with Crippen LogP contribution in [-0.4, -0.2) is 7.05 Å². The van der Waals surface area contributed by atoms with Crippen molar-refractivity contribution >= 4 is 0 Å². The van der Waals surface area contributed by atoms with E-state index in [1.165, 1.54) is 24.3 Å². The quantitative estimate of drug-likeness (QED) is 0.890. The maximum atomic E-state index is 13.6. The molecule has 1 unspecified atom stereocenters. The SMILES string of the molecule is CNC(Cc1ccc(F)cc1F)c1cccc(F)c1. The van der Waals surface area contributed by atoms with Crippen molar-refractivity contribution in [2.75, 3.05) is 7.05 Å². The zero-order valence-electron chi connectivity index (χ0n) is 10.5. The van der Waals surface area contributed by atoms with Gasteiger partial charge in [-0.1, -0.05) is 18.2 Å². The average molecular weight is 265 g/mol. The lowest BCUT2D eigenvalue weighted by Gasteiger charge is -2.17. The summed E-state index contributed by atoms with van der Waals surface area (Å²) in [5, 5.41) is 3.01. The lowest BCUT2D eigenvalue weighted by Crippen LogP contribution is -2.19. The predicted molar refractivity (Wildman–Crippen MR) is 68.3 cm³/mol. The monoisotopic (exact) mass is 265 g/mol. The van der Waals surface area contributed by atoms with Gasteiger partial charge in [0.25, 0.3) is 0 Å². The van der Waals surface area contributed by atoms with Crippen LogP contribution in [0.2, 0.25) is 0 Å². The van der Waals surface area contributed by atoms with Crippen LogP contribution in [0.5, 0.6) is 0 Å². The summed E-state index contributed by atoms with van der Waals surface area (Å²) >= 11 is 0. The van der Waals surface area contributed by atoms with Gasteiger partial charge in [-0.15, -0.1) is 0 Å². The molecule has 2 aromatic carbocycles. The van der Waals surface area contributed by atoms with E-state index in [2.05, 4.69) is 5.32 Å². The minimum Gasteiger partial charge on any atom is -0.313 e. The maximum Gasteiger partial charge on any atom is 0.129 e. The van der Waals surface area contributed by atoms with E-state index in [0.29, 0.717) is 12.0 Å². The van der Waals surface area contributed by atoms with E-state index in [0.717, 1.165) is 11.6 Å². The molecule has 2 aromatic rings. The van der Waals surface area contributed by atoms with Crippen LogP contribution < -0.4 is 5.32 Å². The van der Waals surface area contributed by atoms with E-state index in [9.17, 15) is 13.2 Å². The van der Waals surface area contributed by atoms with Gasteiger partial charge >= 0.3 is 0 Å². The number of rotatable bonds is 4. The first-order valence-electron chi connectivity index (χ1n) is 5.97. The van der Waals surface area contributed by atoms with Crippen LogP contribution in [-0.2, 0) is 6.42 Å². The maximum absolute atomic E-state index is 13.6. The van der Waals surface area contributed by atoms with Gasteiger partial charge in [0.1, 0.15) is 17.5 Å². The molecule has 0 bridgehead atoms.